The molecule has 0 atom stereocenters. The summed E-state index contributed by atoms with van der Waals surface area (Å²) in [7, 11) is 0. The number of para-hydroxylation sites is 2. The predicted octanol–water partition coefficient (Wildman–Crippen LogP) is 5.74. The molecule has 6 nitrogen and oxygen atoms in total. The van der Waals surface area contributed by atoms with Crippen LogP contribution in [0.15, 0.2) is 54.1 Å². The first-order valence-corrected chi connectivity index (χ1v) is 11.7. The van der Waals surface area contributed by atoms with Crippen molar-refractivity contribution in [3.63, 3.8) is 0 Å². The van der Waals surface area contributed by atoms with E-state index in [2.05, 4.69) is 11.4 Å². The van der Waals surface area contributed by atoms with Gasteiger partial charge >= 0.3 is 0 Å². The molecule has 2 aromatic heterocycles. The monoisotopic (exact) mass is 459 g/mol. The molecule has 0 bridgehead atoms. The number of carbonyl (C=O) groups excluding carboxylic acids is 1. The molecular formula is C26H26ClN5O. The zero-order valence-corrected chi connectivity index (χ0v) is 19.3. The van der Waals surface area contributed by atoms with Crippen molar-refractivity contribution in [3.05, 3.63) is 70.3 Å². The van der Waals surface area contributed by atoms with Crippen molar-refractivity contribution in [3.8, 4) is 5.69 Å². The van der Waals surface area contributed by atoms with Gasteiger partial charge in [-0.1, -0.05) is 41.4 Å². The summed E-state index contributed by atoms with van der Waals surface area (Å²) in [5.74, 6) is 0.0602. The molecule has 0 aliphatic heterocycles. The molecule has 4 aromatic rings. The van der Waals surface area contributed by atoms with E-state index >= 15 is 0 Å². The normalized spacial score (nSPS) is 13.9. The predicted molar refractivity (Wildman–Crippen MR) is 134 cm³/mol. The Balaban J connectivity index is 1.59. The van der Waals surface area contributed by atoms with Crippen LogP contribution in [0.1, 0.15) is 48.0 Å². The van der Waals surface area contributed by atoms with Crippen molar-refractivity contribution in [2.75, 3.05) is 12.3 Å². The molecule has 0 saturated heterocycles. The number of nitrogens with two attached hydrogens (primary N) is 1. The first-order valence-electron chi connectivity index (χ1n) is 11.3. The number of nitrogens with one attached hydrogen (secondary N) is 1. The minimum Gasteiger partial charge on any atom is -0.384 e. The number of carbonyl (C=O) groups is 1. The van der Waals surface area contributed by atoms with Crippen molar-refractivity contribution >= 4 is 45.5 Å². The quantitative estimate of drug-likeness (QED) is 0.373. The van der Waals surface area contributed by atoms with Gasteiger partial charge in [0, 0.05) is 11.6 Å². The molecule has 168 valence electrons. The summed E-state index contributed by atoms with van der Waals surface area (Å²) in [4.78, 5) is 22.9. The van der Waals surface area contributed by atoms with Crippen LogP contribution in [-0.4, -0.2) is 27.0 Å². The van der Waals surface area contributed by atoms with Crippen molar-refractivity contribution < 1.29 is 4.79 Å². The molecule has 0 spiro atoms. The smallest absolute Gasteiger partial charge is 0.257 e. The van der Waals surface area contributed by atoms with Gasteiger partial charge in [-0.2, -0.15) is 0 Å². The fourth-order valence-corrected chi connectivity index (χ4v) is 4.60. The standard InChI is InChI=1S/C26H26ClN5O/c1-16-11-12-18(15-19(16)27)32-24(28)22(26(33)29-14-13-17-7-3-2-4-8-17)23-25(32)31-21-10-6-5-9-20(21)30-23/h5-7,9-12,15H,2-4,8,13-14,28H2,1H3,(H,29,33). The molecule has 1 aliphatic rings. The molecule has 0 radical (unpaired) electrons. The Labute approximate surface area is 197 Å². The Kier molecular flexibility index (Phi) is 5.77. The average Bonchev–Trinajstić information content (AvgIpc) is 3.10. The number of fused-ring (bicyclic) bond motifs is 2. The van der Waals surface area contributed by atoms with Gasteiger partial charge in [0.15, 0.2) is 5.65 Å². The summed E-state index contributed by atoms with van der Waals surface area (Å²) in [5, 5.41) is 3.67. The molecule has 1 amide bonds. The van der Waals surface area contributed by atoms with Crippen LogP contribution in [0, 0.1) is 6.92 Å². The summed E-state index contributed by atoms with van der Waals surface area (Å²) in [5.41, 5.74) is 12.5. The van der Waals surface area contributed by atoms with Gasteiger partial charge in [-0.15, -0.1) is 0 Å². The number of allylic oxidation sites excluding steroid dienone is 1. The Bertz CT molecular complexity index is 1410. The number of halogens is 1. The first-order chi connectivity index (χ1) is 16.0. The van der Waals surface area contributed by atoms with Gasteiger partial charge < -0.3 is 11.1 Å². The number of anilines is 1. The fraction of sp³-hybridized carbons (Fsp3) is 0.269. The zero-order valence-electron chi connectivity index (χ0n) is 18.6. The van der Waals surface area contributed by atoms with Crippen LogP contribution >= 0.6 is 11.6 Å². The highest BCUT2D eigenvalue weighted by atomic mass is 35.5. The van der Waals surface area contributed by atoms with Crippen molar-refractivity contribution in [1.82, 2.24) is 19.9 Å². The summed E-state index contributed by atoms with van der Waals surface area (Å²) in [6, 6.07) is 13.3. The zero-order chi connectivity index (χ0) is 22.9. The van der Waals surface area contributed by atoms with Gasteiger partial charge in [-0.3, -0.25) is 9.36 Å². The van der Waals surface area contributed by atoms with E-state index in [1.54, 1.807) is 4.57 Å². The Morgan fingerprint density at radius 1 is 1.15 bits per heavy atom. The number of rotatable bonds is 5. The summed E-state index contributed by atoms with van der Waals surface area (Å²) in [6.45, 7) is 2.51. The van der Waals surface area contributed by atoms with Crippen LogP contribution in [0.4, 0.5) is 5.82 Å². The molecule has 0 fully saturated rings. The average molecular weight is 460 g/mol. The second-order valence-electron chi connectivity index (χ2n) is 8.53. The van der Waals surface area contributed by atoms with E-state index in [4.69, 9.17) is 27.3 Å². The largest absolute Gasteiger partial charge is 0.384 e. The van der Waals surface area contributed by atoms with Gasteiger partial charge in [-0.25, -0.2) is 9.97 Å². The molecule has 0 saturated carbocycles. The van der Waals surface area contributed by atoms with E-state index in [1.165, 1.54) is 18.4 Å². The highest BCUT2D eigenvalue weighted by Crippen LogP contribution is 2.32. The molecule has 2 aromatic carbocycles. The third kappa shape index (κ3) is 4.07. The lowest BCUT2D eigenvalue weighted by Crippen LogP contribution is -2.26. The third-order valence-electron chi connectivity index (χ3n) is 6.26. The fourth-order valence-electron chi connectivity index (χ4n) is 4.42. The summed E-state index contributed by atoms with van der Waals surface area (Å²) < 4.78 is 1.76. The van der Waals surface area contributed by atoms with Crippen LogP contribution in [0.2, 0.25) is 5.02 Å². The number of hydrogen-bond acceptors (Lipinski definition) is 4. The summed E-state index contributed by atoms with van der Waals surface area (Å²) >= 11 is 6.40. The van der Waals surface area contributed by atoms with Crippen LogP contribution in [0.25, 0.3) is 27.9 Å². The maximum Gasteiger partial charge on any atom is 0.257 e. The second-order valence-corrected chi connectivity index (χ2v) is 8.93. The molecule has 2 heterocycles. The van der Waals surface area contributed by atoms with E-state index in [1.807, 2.05) is 49.4 Å². The van der Waals surface area contributed by atoms with Gasteiger partial charge in [0.05, 0.1) is 16.7 Å². The van der Waals surface area contributed by atoms with Crippen LogP contribution in [0.3, 0.4) is 0 Å². The molecule has 5 rings (SSSR count). The molecular weight excluding hydrogens is 434 g/mol. The Hall–Kier alpha value is -3.38. The first kappa shape index (κ1) is 21.5. The maximum absolute atomic E-state index is 13.3. The number of aryl methyl sites for hydroxylation is 1. The SMILES string of the molecule is Cc1ccc(-n2c(N)c(C(=O)NCCC3=CCCCC3)c3nc4ccccc4nc32)cc1Cl. The van der Waals surface area contributed by atoms with Crippen LogP contribution in [-0.2, 0) is 0 Å². The number of nitrogens with zero attached hydrogens (tertiary/aromatic N) is 3. The van der Waals surface area contributed by atoms with Crippen molar-refractivity contribution in [2.45, 2.75) is 39.0 Å². The van der Waals surface area contributed by atoms with E-state index in [9.17, 15) is 4.79 Å². The van der Waals surface area contributed by atoms with Crippen molar-refractivity contribution in [1.29, 1.82) is 0 Å². The minimum absolute atomic E-state index is 0.240. The van der Waals surface area contributed by atoms with E-state index in [0.717, 1.165) is 36.0 Å². The lowest BCUT2D eigenvalue weighted by Gasteiger charge is -2.13. The Morgan fingerprint density at radius 2 is 1.94 bits per heavy atom. The van der Waals surface area contributed by atoms with E-state index < -0.39 is 0 Å². The van der Waals surface area contributed by atoms with E-state index in [0.29, 0.717) is 39.6 Å². The van der Waals surface area contributed by atoms with Gasteiger partial charge in [0.25, 0.3) is 5.91 Å². The van der Waals surface area contributed by atoms with Gasteiger partial charge in [-0.05, 0) is 68.9 Å². The molecule has 1 aliphatic carbocycles. The number of hydrogen-bond donors (Lipinski definition) is 2. The number of nitrogen functional groups attached to an aromatic ring is 1. The topological polar surface area (TPSA) is 85.8 Å². The number of benzene rings is 2. The van der Waals surface area contributed by atoms with Gasteiger partial charge in [0.2, 0.25) is 0 Å². The maximum atomic E-state index is 13.3. The molecule has 33 heavy (non-hydrogen) atoms. The minimum atomic E-state index is -0.240. The number of amides is 1. The lowest BCUT2D eigenvalue weighted by atomic mass is 9.97. The second kappa shape index (κ2) is 8.87. The van der Waals surface area contributed by atoms with Gasteiger partial charge in [0.1, 0.15) is 16.9 Å². The molecule has 3 N–H and O–H groups in total. The highest BCUT2D eigenvalue weighted by molar-refractivity contribution is 6.31. The Morgan fingerprint density at radius 3 is 2.67 bits per heavy atom. The molecule has 0 unspecified atom stereocenters. The van der Waals surface area contributed by atoms with Crippen LogP contribution < -0.4 is 11.1 Å². The third-order valence-corrected chi connectivity index (χ3v) is 6.66. The lowest BCUT2D eigenvalue weighted by molar-refractivity contribution is 0.0956. The summed E-state index contributed by atoms with van der Waals surface area (Å²) in [6.07, 6.45) is 7.87. The van der Waals surface area contributed by atoms with Crippen molar-refractivity contribution in [2.24, 2.45) is 0 Å². The number of aromatic nitrogens is 3. The van der Waals surface area contributed by atoms with Crippen LogP contribution in [0.5, 0.6) is 0 Å². The van der Waals surface area contributed by atoms with E-state index in [-0.39, 0.29) is 5.91 Å². The highest BCUT2D eigenvalue weighted by Gasteiger charge is 2.25. The molecule has 7 heteroatoms.